The van der Waals surface area contributed by atoms with Gasteiger partial charge in [-0.15, -0.1) is 5.10 Å². The van der Waals surface area contributed by atoms with Crippen LogP contribution in [0.3, 0.4) is 0 Å². The summed E-state index contributed by atoms with van der Waals surface area (Å²) in [6.45, 7) is 1.99. The topological polar surface area (TPSA) is 47.0 Å². The van der Waals surface area contributed by atoms with E-state index in [4.69, 9.17) is 4.74 Å². The van der Waals surface area contributed by atoms with Gasteiger partial charge in [-0.05, 0) is 56.0 Å². The van der Waals surface area contributed by atoms with Crippen molar-refractivity contribution in [1.82, 2.24) is 14.9 Å². The number of rotatable bonds is 5. The van der Waals surface area contributed by atoms with E-state index in [9.17, 15) is 0 Å². The van der Waals surface area contributed by atoms with Crippen molar-refractivity contribution >= 4 is 11.5 Å². The molecule has 0 spiro atoms. The van der Waals surface area contributed by atoms with Gasteiger partial charge in [-0.25, -0.2) is 0 Å². The van der Waals surface area contributed by atoms with Crippen LogP contribution >= 0.6 is 11.5 Å². The van der Waals surface area contributed by atoms with Crippen LogP contribution < -0.4 is 10.1 Å². The lowest BCUT2D eigenvalue weighted by molar-refractivity contribution is 0.303. The van der Waals surface area contributed by atoms with Gasteiger partial charge in [0, 0.05) is 0 Å². The fourth-order valence-corrected chi connectivity index (χ4v) is 2.85. The SMILES string of the molecule is CNC(c1ccc(OC2CC2)cc1)c1snnc1C. The predicted octanol–water partition coefficient (Wildman–Crippen LogP) is 2.70. The Bertz CT molecular complexity index is 548. The maximum atomic E-state index is 5.77. The molecule has 1 fully saturated rings. The van der Waals surface area contributed by atoms with E-state index in [1.54, 1.807) is 0 Å². The molecule has 1 atom stereocenters. The van der Waals surface area contributed by atoms with E-state index in [0.717, 1.165) is 11.4 Å². The van der Waals surface area contributed by atoms with E-state index in [-0.39, 0.29) is 6.04 Å². The maximum absolute atomic E-state index is 5.77. The van der Waals surface area contributed by atoms with Crippen LogP contribution in [-0.2, 0) is 0 Å². The Hall–Kier alpha value is -1.46. The predicted molar refractivity (Wildman–Crippen MR) is 75.6 cm³/mol. The average Bonchev–Trinajstić information content (AvgIpc) is 3.14. The first kappa shape index (κ1) is 12.6. The van der Waals surface area contributed by atoms with Gasteiger partial charge < -0.3 is 10.1 Å². The Balaban J connectivity index is 1.81. The Labute approximate surface area is 117 Å². The first-order valence-electron chi connectivity index (χ1n) is 6.50. The number of benzene rings is 1. The van der Waals surface area contributed by atoms with E-state index >= 15 is 0 Å². The maximum Gasteiger partial charge on any atom is 0.119 e. The molecule has 4 nitrogen and oxygen atoms in total. The number of nitrogens with zero attached hydrogens (tertiary/aromatic N) is 2. The lowest BCUT2D eigenvalue weighted by Crippen LogP contribution is -2.17. The molecular formula is C14H17N3OS. The number of nitrogens with one attached hydrogen (secondary N) is 1. The Morgan fingerprint density at radius 1 is 1.32 bits per heavy atom. The van der Waals surface area contributed by atoms with Gasteiger partial charge in [-0.2, -0.15) is 0 Å². The van der Waals surface area contributed by atoms with Crippen molar-refractivity contribution in [3.8, 4) is 5.75 Å². The highest BCUT2D eigenvalue weighted by Crippen LogP contribution is 2.30. The minimum absolute atomic E-state index is 0.148. The molecule has 19 heavy (non-hydrogen) atoms. The second-order valence-corrected chi connectivity index (χ2v) is 5.62. The van der Waals surface area contributed by atoms with Crippen molar-refractivity contribution in [3.05, 3.63) is 40.4 Å². The van der Waals surface area contributed by atoms with Crippen LogP contribution in [0.25, 0.3) is 0 Å². The van der Waals surface area contributed by atoms with Crippen molar-refractivity contribution in [1.29, 1.82) is 0 Å². The summed E-state index contributed by atoms with van der Waals surface area (Å²) in [6.07, 6.45) is 2.82. The third-order valence-corrected chi connectivity index (χ3v) is 4.17. The fraction of sp³-hybridized carbons (Fsp3) is 0.429. The van der Waals surface area contributed by atoms with Gasteiger partial charge in [0.05, 0.1) is 22.7 Å². The van der Waals surface area contributed by atoms with Crippen LogP contribution in [0.1, 0.15) is 35.0 Å². The van der Waals surface area contributed by atoms with Gasteiger partial charge in [0.2, 0.25) is 0 Å². The van der Waals surface area contributed by atoms with Crippen LogP contribution in [-0.4, -0.2) is 22.7 Å². The molecule has 3 rings (SSSR count). The summed E-state index contributed by atoms with van der Waals surface area (Å²) in [6, 6.07) is 8.45. The second-order valence-electron chi connectivity index (χ2n) is 4.83. The minimum Gasteiger partial charge on any atom is -0.490 e. The Morgan fingerprint density at radius 3 is 2.58 bits per heavy atom. The van der Waals surface area contributed by atoms with Crippen molar-refractivity contribution in [2.75, 3.05) is 7.05 Å². The van der Waals surface area contributed by atoms with Crippen molar-refractivity contribution in [2.45, 2.75) is 31.9 Å². The quantitative estimate of drug-likeness (QED) is 0.911. The largest absolute Gasteiger partial charge is 0.490 e. The third kappa shape index (κ3) is 2.77. The Kier molecular flexibility index (Phi) is 3.48. The van der Waals surface area contributed by atoms with Crippen LogP contribution in [0, 0.1) is 6.92 Å². The normalized spacial score (nSPS) is 16.3. The molecule has 1 aliphatic rings. The smallest absolute Gasteiger partial charge is 0.119 e. The molecule has 5 heteroatoms. The van der Waals surface area contributed by atoms with Crippen LogP contribution in [0.2, 0.25) is 0 Å². The third-order valence-electron chi connectivity index (χ3n) is 3.28. The van der Waals surface area contributed by atoms with Crippen LogP contribution in [0.5, 0.6) is 5.75 Å². The number of aryl methyl sites for hydroxylation is 1. The average molecular weight is 275 g/mol. The molecule has 2 aromatic rings. The van der Waals surface area contributed by atoms with E-state index in [0.29, 0.717) is 6.10 Å². The van der Waals surface area contributed by atoms with Crippen LogP contribution in [0.15, 0.2) is 24.3 Å². The van der Waals surface area contributed by atoms with Crippen molar-refractivity contribution in [3.63, 3.8) is 0 Å². The molecule has 1 N–H and O–H groups in total. The molecular weight excluding hydrogens is 258 g/mol. The molecule has 1 unspecified atom stereocenters. The highest BCUT2D eigenvalue weighted by molar-refractivity contribution is 7.05. The van der Waals surface area contributed by atoms with Gasteiger partial charge in [-0.1, -0.05) is 16.6 Å². The molecule has 0 aliphatic heterocycles. The zero-order valence-electron chi connectivity index (χ0n) is 11.1. The summed E-state index contributed by atoms with van der Waals surface area (Å²) in [5, 5.41) is 7.40. The summed E-state index contributed by atoms with van der Waals surface area (Å²) in [5.74, 6) is 0.959. The molecule has 1 aromatic heterocycles. The Morgan fingerprint density at radius 2 is 2.05 bits per heavy atom. The van der Waals surface area contributed by atoms with Gasteiger partial charge >= 0.3 is 0 Å². The lowest BCUT2D eigenvalue weighted by Gasteiger charge is -2.15. The molecule has 0 radical (unpaired) electrons. The zero-order valence-corrected chi connectivity index (χ0v) is 11.9. The fourth-order valence-electron chi connectivity index (χ4n) is 2.07. The number of hydrogen-bond donors (Lipinski definition) is 1. The number of aromatic nitrogens is 2. The standard InChI is InChI=1S/C14H17N3OS/c1-9-14(19-17-16-9)13(15-2)10-3-5-11(6-4-10)18-12-7-8-12/h3-6,12-13,15H,7-8H2,1-2H3. The summed E-state index contributed by atoms with van der Waals surface area (Å²) in [7, 11) is 1.96. The lowest BCUT2D eigenvalue weighted by atomic mass is 10.0. The first-order chi connectivity index (χ1) is 9.28. The van der Waals surface area contributed by atoms with E-state index in [1.807, 2.05) is 26.1 Å². The number of hydrogen-bond acceptors (Lipinski definition) is 5. The second kappa shape index (κ2) is 5.27. The van der Waals surface area contributed by atoms with Crippen molar-refractivity contribution in [2.24, 2.45) is 0 Å². The number of ether oxygens (including phenoxy) is 1. The van der Waals surface area contributed by atoms with E-state index in [2.05, 4.69) is 27.0 Å². The summed E-state index contributed by atoms with van der Waals surface area (Å²) < 4.78 is 9.77. The van der Waals surface area contributed by atoms with E-state index < -0.39 is 0 Å². The first-order valence-corrected chi connectivity index (χ1v) is 7.28. The molecule has 100 valence electrons. The van der Waals surface area contributed by atoms with Crippen LogP contribution in [0.4, 0.5) is 0 Å². The molecule has 0 bridgehead atoms. The van der Waals surface area contributed by atoms with E-state index in [1.165, 1.54) is 34.8 Å². The highest BCUT2D eigenvalue weighted by Gasteiger charge is 2.23. The highest BCUT2D eigenvalue weighted by atomic mass is 32.1. The van der Waals surface area contributed by atoms with Gasteiger partial charge in [0.1, 0.15) is 5.75 Å². The molecule has 1 aliphatic carbocycles. The van der Waals surface area contributed by atoms with Gasteiger partial charge in [0.15, 0.2) is 0 Å². The van der Waals surface area contributed by atoms with Gasteiger partial charge in [0.25, 0.3) is 0 Å². The molecule has 1 saturated carbocycles. The van der Waals surface area contributed by atoms with Crippen molar-refractivity contribution < 1.29 is 4.74 Å². The molecule has 1 heterocycles. The molecule has 0 amide bonds. The summed E-state index contributed by atoms with van der Waals surface area (Å²) >= 11 is 1.45. The summed E-state index contributed by atoms with van der Waals surface area (Å²) in [5.41, 5.74) is 2.20. The van der Waals surface area contributed by atoms with Gasteiger partial charge in [-0.3, -0.25) is 0 Å². The minimum atomic E-state index is 0.148. The monoisotopic (exact) mass is 275 g/mol. The summed E-state index contributed by atoms with van der Waals surface area (Å²) in [4.78, 5) is 1.17. The molecule has 0 saturated heterocycles. The zero-order chi connectivity index (χ0) is 13.2. The molecule has 1 aromatic carbocycles.